The van der Waals surface area contributed by atoms with Crippen molar-refractivity contribution >= 4 is 23.5 Å². The Morgan fingerprint density at radius 3 is 2.81 bits per heavy atom. The molecule has 1 aliphatic rings. The van der Waals surface area contributed by atoms with Crippen LogP contribution in [-0.2, 0) is 14.3 Å². The first-order chi connectivity index (χ1) is 9.99. The van der Waals surface area contributed by atoms with Gasteiger partial charge in [0.15, 0.2) is 6.10 Å². The third-order valence-electron chi connectivity index (χ3n) is 3.43. The van der Waals surface area contributed by atoms with Crippen molar-refractivity contribution in [2.45, 2.75) is 19.1 Å². The molecule has 0 spiro atoms. The van der Waals surface area contributed by atoms with Crippen molar-refractivity contribution in [3.63, 3.8) is 0 Å². The molecule has 0 saturated carbocycles. The van der Waals surface area contributed by atoms with Crippen LogP contribution in [0.2, 0.25) is 5.02 Å². The SMILES string of the molecule is CCN1C(=O)COC(C(=O)O)C1c1ccc(OC)c(Cl)c1. The molecule has 1 aromatic carbocycles. The molecular formula is C14H16ClNO5. The molecule has 0 bridgehead atoms. The van der Waals surface area contributed by atoms with Crippen LogP contribution in [0.3, 0.4) is 0 Å². The van der Waals surface area contributed by atoms with Gasteiger partial charge in [-0.15, -0.1) is 0 Å². The van der Waals surface area contributed by atoms with Crippen LogP contribution in [0.5, 0.6) is 5.75 Å². The van der Waals surface area contributed by atoms with E-state index in [1.54, 1.807) is 25.1 Å². The number of aliphatic carboxylic acids is 1. The van der Waals surface area contributed by atoms with Gasteiger partial charge in [0.25, 0.3) is 0 Å². The molecule has 2 unspecified atom stereocenters. The van der Waals surface area contributed by atoms with E-state index in [-0.39, 0.29) is 12.5 Å². The zero-order valence-corrected chi connectivity index (χ0v) is 12.5. The number of likely N-dealkylation sites (N-methyl/N-ethyl adjacent to an activating group) is 1. The molecule has 1 amide bonds. The Bertz CT molecular complexity index is 560. The number of rotatable bonds is 4. The lowest BCUT2D eigenvalue weighted by Crippen LogP contribution is -2.51. The summed E-state index contributed by atoms with van der Waals surface area (Å²) in [4.78, 5) is 24.8. The van der Waals surface area contributed by atoms with Gasteiger partial charge in [-0.05, 0) is 24.6 Å². The number of morpholine rings is 1. The molecule has 0 radical (unpaired) electrons. The van der Waals surface area contributed by atoms with Gasteiger partial charge < -0.3 is 19.5 Å². The summed E-state index contributed by atoms with van der Waals surface area (Å²) in [5.74, 6) is -0.872. The fraction of sp³-hybridized carbons (Fsp3) is 0.429. The predicted molar refractivity (Wildman–Crippen MR) is 75.5 cm³/mol. The van der Waals surface area contributed by atoms with Crippen LogP contribution < -0.4 is 4.74 Å². The molecule has 21 heavy (non-hydrogen) atoms. The number of benzene rings is 1. The van der Waals surface area contributed by atoms with Crippen LogP contribution in [0.15, 0.2) is 18.2 Å². The maximum Gasteiger partial charge on any atom is 0.335 e. The highest BCUT2D eigenvalue weighted by Crippen LogP contribution is 2.34. The lowest BCUT2D eigenvalue weighted by atomic mass is 9.97. The molecule has 6 nitrogen and oxygen atoms in total. The topological polar surface area (TPSA) is 76.1 Å². The van der Waals surface area contributed by atoms with Crippen molar-refractivity contribution < 1.29 is 24.2 Å². The highest BCUT2D eigenvalue weighted by molar-refractivity contribution is 6.32. The van der Waals surface area contributed by atoms with Crippen molar-refractivity contribution in [2.75, 3.05) is 20.3 Å². The minimum absolute atomic E-state index is 0.231. The Morgan fingerprint density at radius 1 is 1.57 bits per heavy atom. The van der Waals surface area contributed by atoms with Gasteiger partial charge in [-0.3, -0.25) is 4.79 Å². The number of carboxylic acid groups (broad SMARTS) is 1. The molecule has 114 valence electrons. The molecule has 1 fully saturated rings. The standard InChI is InChI=1S/C14H16ClNO5/c1-3-16-11(17)7-21-13(14(18)19)12(16)8-4-5-10(20-2)9(15)6-8/h4-6,12-13H,3,7H2,1-2H3,(H,18,19). The first-order valence-corrected chi connectivity index (χ1v) is 6.84. The number of carboxylic acids is 1. The van der Waals surface area contributed by atoms with E-state index < -0.39 is 18.1 Å². The number of ether oxygens (including phenoxy) is 2. The second kappa shape index (κ2) is 6.32. The second-order valence-electron chi connectivity index (χ2n) is 4.59. The van der Waals surface area contributed by atoms with Crippen molar-refractivity contribution in [2.24, 2.45) is 0 Å². The Morgan fingerprint density at radius 2 is 2.29 bits per heavy atom. The van der Waals surface area contributed by atoms with Gasteiger partial charge in [0.05, 0.1) is 18.2 Å². The van der Waals surface area contributed by atoms with Gasteiger partial charge >= 0.3 is 5.97 Å². The quantitative estimate of drug-likeness (QED) is 0.916. The molecule has 1 heterocycles. The Kier molecular flexibility index (Phi) is 4.69. The van der Waals surface area contributed by atoms with Crippen LogP contribution in [-0.4, -0.2) is 48.2 Å². The average molecular weight is 314 g/mol. The largest absolute Gasteiger partial charge is 0.495 e. The summed E-state index contributed by atoms with van der Waals surface area (Å²) in [7, 11) is 1.49. The number of carbonyl (C=O) groups is 2. The molecule has 0 aromatic heterocycles. The second-order valence-corrected chi connectivity index (χ2v) is 5.00. The Balaban J connectivity index is 2.45. The van der Waals surface area contributed by atoms with Crippen molar-refractivity contribution in [3.05, 3.63) is 28.8 Å². The monoisotopic (exact) mass is 313 g/mol. The fourth-order valence-electron chi connectivity index (χ4n) is 2.45. The van der Waals surface area contributed by atoms with E-state index in [4.69, 9.17) is 21.1 Å². The lowest BCUT2D eigenvalue weighted by molar-refractivity contribution is -0.172. The summed E-state index contributed by atoms with van der Waals surface area (Å²) in [5.41, 5.74) is 0.600. The highest BCUT2D eigenvalue weighted by atomic mass is 35.5. The minimum Gasteiger partial charge on any atom is -0.495 e. The molecule has 0 aliphatic carbocycles. The van der Waals surface area contributed by atoms with Gasteiger partial charge in [-0.25, -0.2) is 4.79 Å². The highest BCUT2D eigenvalue weighted by Gasteiger charge is 2.41. The average Bonchev–Trinajstić information content (AvgIpc) is 2.46. The summed E-state index contributed by atoms with van der Waals surface area (Å²) >= 11 is 6.09. The van der Waals surface area contributed by atoms with E-state index in [2.05, 4.69) is 0 Å². The van der Waals surface area contributed by atoms with Gasteiger partial charge in [0, 0.05) is 6.54 Å². The number of carbonyl (C=O) groups excluding carboxylic acids is 1. The zero-order valence-electron chi connectivity index (χ0n) is 11.7. The van der Waals surface area contributed by atoms with Crippen LogP contribution >= 0.6 is 11.6 Å². The number of hydrogen-bond donors (Lipinski definition) is 1. The normalized spacial score (nSPS) is 22.2. The fourth-order valence-corrected chi connectivity index (χ4v) is 2.72. The molecular weight excluding hydrogens is 298 g/mol. The molecule has 7 heteroatoms. The number of methoxy groups -OCH3 is 1. The molecule has 1 aromatic rings. The number of hydrogen-bond acceptors (Lipinski definition) is 4. The van der Waals surface area contributed by atoms with Crippen molar-refractivity contribution in [1.29, 1.82) is 0 Å². The zero-order chi connectivity index (χ0) is 15.6. The van der Waals surface area contributed by atoms with Gasteiger partial charge in [0.1, 0.15) is 12.4 Å². The van der Waals surface area contributed by atoms with E-state index in [1.165, 1.54) is 12.0 Å². The summed E-state index contributed by atoms with van der Waals surface area (Å²) in [6.45, 7) is 1.95. The van der Waals surface area contributed by atoms with Gasteiger partial charge in [-0.1, -0.05) is 17.7 Å². The number of amides is 1. The molecule has 1 N–H and O–H groups in total. The van der Waals surface area contributed by atoms with E-state index in [0.29, 0.717) is 22.9 Å². The van der Waals surface area contributed by atoms with Gasteiger partial charge in [0.2, 0.25) is 5.91 Å². The maximum absolute atomic E-state index is 11.9. The first-order valence-electron chi connectivity index (χ1n) is 6.46. The van der Waals surface area contributed by atoms with Crippen molar-refractivity contribution in [3.8, 4) is 5.75 Å². The smallest absolute Gasteiger partial charge is 0.335 e. The Labute approximate surface area is 127 Å². The van der Waals surface area contributed by atoms with Crippen LogP contribution in [0.4, 0.5) is 0 Å². The third kappa shape index (κ3) is 2.96. The lowest BCUT2D eigenvalue weighted by Gasteiger charge is -2.39. The third-order valence-corrected chi connectivity index (χ3v) is 3.73. The maximum atomic E-state index is 11.9. The molecule has 1 aliphatic heterocycles. The summed E-state index contributed by atoms with van der Waals surface area (Å²) < 4.78 is 10.3. The predicted octanol–water partition coefficient (Wildman–Crippen LogP) is 1.72. The van der Waals surface area contributed by atoms with E-state index in [9.17, 15) is 14.7 Å². The number of halogens is 1. The summed E-state index contributed by atoms with van der Waals surface area (Å²) in [6.07, 6.45) is -1.12. The van der Waals surface area contributed by atoms with Crippen molar-refractivity contribution in [1.82, 2.24) is 4.90 Å². The summed E-state index contributed by atoms with van der Waals surface area (Å²) in [6, 6.07) is 4.22. The molecule has 1 saturated heterocycles. The first kappa shape index (κ1) is 15.6. The summed E-state index contributed by atoms with van der Waals surface area (Å²) in [5, 5.41) is 9.67. The van der Waals surface area contributed by atoms with Crippen LogP contribution in [0, 0.1) is 0 Å². The van der Waals surface area contributed by atoms with Gasteiger partial charge in [-0.2, -0.15) is 0 Å². The minimum atomic E-state index is -1.12. The van der Waals surface area contributed by atoms with E-state index >= 15 is 0 Å². The van der Waals surface area contributed by atoms with Crippen LogP contribution in [0.25, 0.3) is 0 Å². The van der Waals surface area contributed by atoms with E-state index in [0.717, 1.165) is 0 Å². The molecule has 2 rings (SSSR count). The van der Waals surface area contributed by atoms with Crippen LogP contribution in [0.1, 0.15) is 18.5 Å². The van der Waals surface area contributed by atoms with E-state index in [1.807, 2.05) is 0 Å². The Hall–Kier alpha value is -1.79. The molecule has 2 atom stereocenters. The number of nitrogens with zero attached hydrogens (tertiary/aromatic N) is 1.